The molecule has 0 spiro atoms. The van der Waals surface area contributed by atoms with Crippen LogP contribution in [0.15, 0.2) is 61.1 Å². The van der Waals surface area contributed by atoms with Gasteiger partial charge >= 0.3 is 0 Å². The Morgan fingerprint density at radius 3 is 2.46 bits per heavy atom. The number of hydrogen-bond donors (Lipinski definition) is 2. The largest absolute Gasteiger partial charge is 0.381 e. The van der Waals surface area contributed by atoms with Gasteiger partial charge in [-0.3, -0.25) is 9.67 Å². The lowest BCUT2D eigenvalue weighted by Crippen LogP contribution is -2.36. The predicted octanol–water partition coefficient (Wildman–Crippen LogP) is 3.71. The Morgan fingerprint density at radius 2 is 1.77 bits per heavy atom. The number of hydrogen-bond acceptors (Lipinski definition) is 4. The summed E-state index contributed by atoms with van der Waals surface area (Å²) in [6, 6.07) is 14.7. The molecule has 0 aliphatic carbocycles. The van der Waals surface area contributed by atoms with Crippen LogP contribution in [0, 0.1) is 5.92 Å². The predicted molar refractivity (Wildman–Crippen MR) is 107 cm³/mol. The van der Waals surface area contributed by atoms with Crippen molar-refractivity contribution < 1.29 is 0 Å². The Balaban J connectivity index is 1.63. The first-order valence-electron chi connectivity index (χ1n) is 9.08. The van der Waals surface area contributed by atoms with Crippen molar-refractivity contribution in [1.82, 2.24) is 20.1 Å². The normalized spacial score (nSPS) is 12.3. The number of aryl methyl sites for hydroxylation is 1. The number of rotatable bonds is 8. The van der Waals surface area contributed by atoms with Gasteiger partial charge in [0.05, 0.1) is 5.69 Å². The minimum absolute atomic E-state index is 0.360. The van der Waals surface area contributed by atoms with Crippen molar-refractivity contribution in [3.05, 3.63) is 66.6 Å². The van der Waals surface area contributed by atoms with E-state index in [0.717, 1.165) is 30.0 Å². The van der Waals surface area contributed by atoms with Gasteiger partial charge in [-0.05, 0) is 30.2 Å². The molecule has 0 bridgehead atoms. The van der Waals surface area contributed by atoms with Crippen molar-refractivity contribution in [2.75, 3.05) is 11.9 Å². The quantitative estimate of drug-likeness (QED) is 0.651. The summed E-state index contributed by atoms with van der Waals surface area (Å²) in [5.41, 5.74) is 4.47. The summed E-state index contributed by atoms with van der Waals surface area (Å²) in [6.45, 7) is 6.16. The highest BCUT2D eigenvalue weighted by molar-refractivity contribution is 5.61. The number of nitrogens with one attached hydrogen (secondary N) is 2. The number of nitrogens with zero attached hydrogens (tertiary/aromatic N) is 3. The lowest BCUT2D eigenvalue weighted by atomic mass is 10.0. The molecule has 5 heteroatoms. The van der Waals surface area contributed by atoms with E-state index >= 15 is 0 Å². The van der Waals surface area contributed by atoms with Gasteiger partial charge in [-0.2, -0.15) is 5.10 Å². The summed E-state index contributed by atoms with van der Waals surface area (Å²) in [5, 5.41) is 11.8. The zero-order chi connectivity index (χ0) is 18.4. The number of aromatic nitrogens is 3. The molecule has 3 aromatic rings. The molecule has 0 aliphatic rings. The highest BCUT2D eigenvalue weighted by atomic mass is 15.3. The van der Waals surface area contributed by atoms with E-state index in [9.17, 15) is 0 Å². The molecule has 3 rings (SSSR count). The van der Waals surface area contributed by atoms with Gasteiger partial charge in [-0.25, -0.2) is 0 Å². The lowest BCUT2D eigenvalue weighted by molar-refractivity contribution is 0.484. The van der Waals surface area contributed by atoms with E-state index < -0.39 is 0 Å². The fourth-order valence-electron chi connectivity index (χ4n) is 2.98. The maximum atomic E-state index is 4.61. The summed E-state index contributed by atoms with van der Waals surface area (Å²) in [4.78, 5) is 4.09. The summed E-state index contributed by atoms with van der Waals surface area (Å²) in [5.74, 6) is 0.524. The third-order valence-electron chi connectivity index (χ3n) is 4.47. The van der Waals surface area contributed by atoms with Crippen LogP contribution in [0.2, 0.25) is 0 Å². The fraction of sp³-hybridized carbons (Fsp3) is 0.333. The van der Waals surface area contributed by atoms with E-state index in [1.807, 2.05) is 29.9 Å². The molecule has 1 atom stereocenters. The van der Waals surface area contributed by atoms with Crippen LogP contribution in [0.5, 0.6) is 0 Å². The first-order chi connectivity index (χ1) is 12.6. The molecule has 0 unspecified atom stereocenters. The second-order valence-corrected chi connectivity index (χ2v) is 6.90. The van der Waals surface area contributed by atoms with Gasteiger partial charge < -0.3 is 10.6 Å². The highest BCUT2D eigenvalue weighted by Crippen LogP contribution is 2.21. The maximum Gasteiger partial charge on any atom is 0.0969 e. The average Bonchev–Trinajstić information content (AvgIpc) is 3.03. The molecule has 0 aliphatic heterocycles. The molecule has 0 fully saturated rings. The van der Waals surface area contributed by atoms with E-state index in [4.69, 9.17) is 0 Å². The van der Waals surface area contributed by atoms with Crippen LogP contribution in [0.3, 0.4) is 0 Å². The zero-order valence-electron chi connectivity index (χ0n) is 15.7. The van der Waals surface area contributed by atoms with Gasteiger partial charge in [-0.1, -0.05) is 32.0 Å². The third-order valence-corrected chi connectivity index (χ3v) is 4.47. The SMILES string of the molecule is CC(C)[C@@H](CNCc1cn(C)nc1-c1ccncc1)Nc1ccccc1. The van der Waals surface area contributed by atoms with Gasteiger partial charge in [0.1, 0.15) is 0 Å². The molecule has 2 heterocycles. The van der Waals surface area contributed by atoms with Crippen LogP contribution in [-0.2, 0) is 13.6 Å². The molecule has 136 valence electrons. The van der Waals surface area contributed by atoms with Gasteiger partial charge in [-0.15, -0.1) is 0 Å². The maximum absolute atomic E-state index is 4.61. The molecule has 0 amide bonds. The summed E-state index contributed by atoms with van der Waals surface area (Å²) in [7, 11) is 1.96. The Labute approximate surface area is 155 Å². The van der Waals surface area contributed by atoms with Crippen LogP contribution >= 0.6 is 0 Å². The number of pyridine rings is 1. The van der Waals surface area contributed by atoms with Crippen molar-refractivity contribution in [2.24, 2.45) is 13.0 Å². The fourth-order valence-corrected chi connectivity index (χ4v) is 2.98. The summed E-state index contributed by atoms with van der Waals surface area (Å²) < 4.78 is 1.87. The smallest absolute Gasteiger partial charge is 0.0969 e. The lowest BCUT2D eigenvalue weighted by Gasteiger charge is -2.24. The Hall–Kier alpha value is -2.66. The molecular weight excluding hydrogens is 322 g/mol. The average molecular weight is 349 g/mol. The summed E-state index contributed by atoms with van der Waals surface area (Å²) >= 11 is 0. The van der Waals surface area contributed by atoms with Crippen molar-refractivity contribution >= 4 is 5.69 Å². The van der Waals surface area contributed by atoms with Gasteiger partial charge in [0.15, 0.2) is 0 Å². The van der Waals surface area contributed by atoms with Gasteiger partial charge in [0.2, 0.25) is 0 Å². The van der Waals surface area contributed by atoms with Crippen LogP contribution in [0.25, 0.3) is 11.3 Å². The topological polar surface area (TPSA) is 54.8 Å². The number of benzene rings is 1. The van der Waals surface area contributed by atoms with Gasteiger partial charge in [0.25, 0.3) is 0 Å². The van der Waals surface area contributed by atoms with E-state index in [1.165, 1.54) is 5.56 Å². The van der Waals surface area contributed by atoms with Crippen LogP contribution in [-0.4, -0.2) is 27.4 Å². The number of anilines is 1. The molecule has 1 aromatic carbocycles. The second-order valence-electron chi connectivity index (χ2n) is 6.90. The van der Waals surface area contributed by atoms with E-state index in [-0.39, 0.29) is 0 Å². The number of para-hydroxylation sites is 1. The van der Waals surface area contributed by atoms with Gasteiger partial charge in [0, 0.05) is 61.6 Å². The van der Waals surface area contributed by atoms with Crippen molar-refractivity contribution in [1.29, 1.82) is 0 Å². The minimum Gasteiger partial charge on any atom is -0.381 e. The molecule has 2 aromatic heterocycles. The standard InChI is InChI=1S/C21H27N5/c1-16(2)20(24-19-7-5-4-6-8-19)14-23-13-18-15-26(3)25-21(18)17-9-11-22-12-10-17/h4-12,15-16,20,23-24H,13-14H2,1-3H3/t20-/m1/s1. The Bertz CT molecular complexity index is 796. The second kappa shape index (κ2) is 8.63. The molecule has 2 N–H and O–H groups in total. The van der Waals surface area contributed by atoms with Crippen LogP contribution in [0.1, 0.15) is 19.4 Å². The molecule has 0 saturated heterocycles. The molecular formula is C21H27N5. The Morgan fingerprint density at radius 1 is 1.04 bits per heavy atom. The Kier molecular flexibility index (Phi) is 6.02. The minimum atomic E-state index is 0.360. The van der Waals surface area contributed by atoms with E-state index in [0.29, 0.717) is 12.0 Å². The van der Waals surface area contributed by atoms with Crippen molar-refractivity contribution in [3.63, 3.8) is 0 Å². The molecule has 0 saturated carbocycles. The highest BCUT2D eigenvalue weighted by Gasteiger charge is 2.14. The zero-order valence-corrected chi connectivity index (χ0v) is 15.7. The first-order valence-corrected chi connectivity index (χ1v) is 9.08. The summed E-state index contributed by atoms with van der Waals surface area (Å²) in [6.07, 6.45) is 5.69. The third kappa shape index (κ3) is 4.70. The first kappa shape index (κ1) is 18.1. The molecule has 0 radical (unpaired) electrons. The molecule has 5 nitrogen and oxygen atoms in total. The van der Waals surface area contributed by atoms with Crippen LogP contribution < -0.4 is 10.6 Å². The van der Waals surface area contributed by atoms with Crippen molar-refractivity contribution in [2.45, 2.75) is 26.4 Å². The van der Waals surface area contributed by atoms with Crippen molar-refractivity contribution in [3.8, 4) is 11.3 Å². The molecule has 26 heavy (non-hydrogen) atoms. The van der Waals surface area contributed by atoms with E-state index in [2.05, 4.69) is 65.0 Å². The van der Waals surface area contributed by atoms with Crippen LogP contribution in [0.4, 0.5) is 5.69 Å². The monoisotopic (exact) mass is 349 g/mol. The van der Waals surface area contributed by atoms with E-state index in [1.54, 1.807) is 12.4 Å².